The quantitative estimate of drug-likeness (QED) is 0.105. The Morgan fingerprint density at radius 2 is 1.45 bits per heavy atom. The Morgan fingerprint density at radius 1 is 0.875 bits per heavy atom. The molecule has 3 aromatic carbocycles. The summed E-state index contributed by atoms with van der Waals surface area (Å²) in [7, 11) is -6.82. The fourth-order valence-corrected chi connectivity index (χ4v) is 6.67. The highest BCUT2D eigenvalue weighted by Gasteiger charge is 2.78. The highest BCUT2D eigenvalue weighted by atomic mass is 32.2. The summed E-state index contributed by atoms with van der Waals surface area (Å²) in [5, 5.41) is -5.84. The maximum absolute atomic E-state index is 15.4. The summed E-state index contributed by atoms with van der Waals surface area (Å²) in [6, 6.07) is 19.9. The van der Waals surface area contributed by atoms with Gasteiger partial charge in [0.15, 0.2) is 15.9 Å². The van der Waals surface area contributed by atoms with Crippen molar-refractivity contribution < 1.29 is 44.5 Å². The molecule has 4 rings (SSSR count). The van der Waals surface area contributed by atoms with Crippen molar-refractivity contribution in [2.75, 3.05) is 5.75 Å². The summed E-state index contributed by atoms with van der Waals surface area (Å²) >= 11 is 0.960. The number of ketones is 1. The predicted octanol–water partition coefficient (Wildman–Crippen LogP) is 7.34. The first kappa shape index (κ1) is 30.0. The van der Waals surface area contributed by atoms with Crippen LogP contribution in [0.2, 0.25) is 0 Å². The molecule has 0 aliphatic heterocycles. The van der Waals surface area contributed by atoms with E-state index in [4.69, 9.17) is 4.74 Å². The van der Waals surface area contributed by atoms with Crippen molar-refractivity contribution in [1.82, 2.24) is 0 Å². The van der Waals surface area contributed by atoms with Gasteiger partial charge < -0.3 is 9.29 Å². The third kappa shape index (κ3) is 5.61. The molecule has 1 aliphatic carbocycles. The van der Waals surface area contributed by atoms with Gasteiger partial charge >= 0.3 is 11.4 Å². The fourth-order valence-electron chi connectivity index (χ4n) is 4.98. The number of rotatable bonds is 10. The molecule has 0 N–H and O–H groups in total. The number of thioether (sulfide) groups is 1. The van der Waals surface area contributed by atoms with Gasteiger partial charge in [0.1, 0.15) is 5.75 Å². The molecule has 1 fully saturated rings. The van der Waals surface area contributed by atoms with Crippen molar-refractivity contribution in [2.45, 2.75) is 47.6 Å². The molecule has 40 heavy (non-hydrogen) atoms. The normalized spacial score (nSPS) is 16.4. The van der Waals surface area contributed by atoms with Crippen LogP contribution in [0.25, 0.3) is 11.1 Å². The van der Waals surface area contributed by atoms with Crippen molar-refractivity contribution >= 4 is 27.7 Å². The van der Waals surface area contributed by atoms with E-state index in [1.165, 1.54) is 24.3 Å². The van der Waals surface area contributed by atoms with Crippen LogP contribution in [0, 0.1) is 5.92 Å². The van der Waals surface area contributed by atoms with E-state index in [-0.39, 0.29) is 40.4 Å². The summed E-state index contributed by atoms with van der Waals surface area (Å²) < 4.78 is 115. The van der Waals surface area contributed by atoms with Gasteiger partial charge in [-0.05, 0) is 30.5 Å². The molecule has 0 amide bonds. The molecule has 0 saturated heterocycles. The maximum Gasteiger partial charge on any atom is 0.435 e. The lowest BCUT2D eigenvalue weighted by Crippen LogP contribution is -2.69. The monoisotopic (exact) mass is 599 g/mol. The summed E-state index contributed by atoms with van der Waals surface area (Å²) in [6.45, 7) is 0. The van der Waals surface area contributed by atoms with E-state index in [1.807, 2.05) is 0 Å². The van der Waals surface area contributed by atoms with Crippen LogP contribution >= 0.6 is 11.8 Å². The van der Waals surface area contributed by atoms with Crippen molar-refractivity contribution in [3.05, 3.63) is 84.4 Å². The Hall–Kier alpha value is -2.96. The Kier molecular flexibility index (Phi) is 8.63. The van der Waals surface area contributed by atoms with Crippen molar-refractivity contribution in [3.63, 3.8) is 0 Å². The molecule has 0 heterocycles. The molecule has 0 aromatic heterocycles. The zero-order valence-corrected chi connectivity index (χ0v) is 22.5. The molecule has 1 atom stereocenters. The zero-order chi connectivity index (χ0) is 29.2. The number of carbonyl (C=O) groups excluding carboxylic acids is 1. The number of carbonyl (C=O) groups is 1. The van der Waals surface area contributed by atoms with Gasteiger partial charge in [0.25, 0.3) is 5.60 Å². The number of hydrogen-bond donors (Lipinski definition) is 0. The highest BCUT2D eigenvalue weighted by Crippen LogP contribution is 2.57. The van der Waals surface area contributed by atoms with Gasteiger partial charge in [0.05, 0.1) is 5.75 Å². The third-order valence-corrected chi connectivity index (χ3v) is 8.86. The first-order valence-electron chi connectivity index (χ1n) is 12.3. The highest BCUT2D eigenvalue weighted by molar-refractivity contribution is 8.00. The lowest BCUT2D eigenvalue weighted by atomic mass is 9.84. The average Bonchev–Trinajstić information content (AvgIpc) is 3.45. The number of hydrogen-bond acceptors (Lipinski definition) is 6. The van der Waals surface area contributed by atoms with Crippen LogP contribution in [0.4, 0.5) is 22.0 Å². The topological polar surface area (TPSA) is 83.5 Å². The summed E-state index contributed by atoms with van der Waals surface area (Å²) in [5.74, 6) is -3.09. The molecule has 0 spiro atoms. The van der Waals surface area contributed by atoms with E-state index in [0.29, 0.717) is 5.56 Å². The predicted molar refractivity (Wildman–Crippen MR) is 139 cm³/mol. The molecule has 1 unspecified atom stereocenters. The van der Waals surface area contributed by atoms with Crippen LogP contribution in [0.3, 0.4) is 0 Å². The lowest BCUT2D eigenvalue weighted by Gasteiger charge is -2.45. The second kappa shape index (κ2) is 11.5. The molecule has 12 heteroatoms. The van der Waals surface area contributed by atoms with E-state index in [9.17, 15) is 30.9 Å². The second-order valence-electron chi connectivity index (χ2n) is 9.36. The summed E-state index contributed by atoms with van der Waals surface area (Å²) in [5.41, 5.74) is -3.99. The number of halogens is 5. The zero-order valence-electron chi connectivity index (χ0n) is 20.9. The fraction of sp³-hybridized carbons (Fsp3) is 0.321. The molecule has 1 saturated carbocycles. The van der Waals surface area contributed by atoms with Gasteiger partial charge in [-0.2, -0.15) is 22.0 Å². The molecule has 214 valence electrons. The number of benzene rings is 3. The van der Waals surface area contributed by atoms with Gasteiger partial charge in [-0.3, -0.25) is 4.79 Å². The molecular weight excluding hydrogens is 575 g/mol. The van der Waals surface area contributed by atoms with E-state index in [2.05, 4.69) is 0 Å². The summed E-state index contributed by atoms with van der Waals surface area (Å²) in [6.07, 6.45) is -6.51. The standard InChI is InChI=1S/C28H25F5O5S2/c29-27(30,31)26(21-14-7-8-15-21,28(32,33)40(35,36)37)38-23-16-9-17-24(25(23)20-12-5-2-6-13-20)39-18-22(34)19-10-3-1-4-11-19/h1-6,9-13,16-17,21H,7-8,14-15,18H2,(H,35,36,37)/p-1. The van der Waals surface area contributed by atoms with Gasteiger partial charge in [0, 0.05) is 21.9 Å². The first-order valence-corrected chi connectivity index (χ1v) is 14.7. The lowest BCUT2D eigenvalue weighted by molar-refractivity contribution is -0.317. The van der Waals surface area contributed by atoms with Crippen molar-refractivity contribution in [1.29, 1.82) is 0 Å². The molecule has 0 bridgehead atoms. The van der Waals surface area contributed by atoms with Crippen LogP contribution in [0.5, 0.6) is 5.75 Å². The molecule has 0 radical (unpaired) electrons. The molecule has 5 nitrogen and oxygen atoms in total. The van der Waals surface area contributed by atoms with E-state index < -0.39 is 51.7 Å². The van der Waals surface area contributed by atoms with E-state index >= 15 is 8.78 Å². The smallest absolute Gasteiger partial charge is 0.435 e. The minimum atomic E-state index is -6.82. The van der Waals surface area contributed by atoms with Crippen LogP contribution in [0.1, 0.15) is 36.0 Å². The first-order chi connectivity index (χ1) is 18.8. The van der Waals surface area contributed by atoms with E-state index in [0.717, 1.165) is 17.8 Å². The van der Waals surface area contributed by atoms with Crippen LogP contribution in [-0.4, -0.2) is 41.5 Å². The second-order valence-corrected chi connectivity index (χ2v) is 11.8. The van der Waals surface area contributed by atoms with Crippen molar-refractivity contribution in [2.24, 2.45) is 5.92 Å². The minimum Gasteiger partial charge on any atom is -0.743 e. The third-order valence-electron chi connectivity index (χ3n) is 6.87. The number of alkyl halides is 5. The van der Waals surface area contributed by atoms with Crippen LogP contribution in [0.15, 0.2) is 83.8 Å². The number of Topliss-reactive ketones (excluding diaryl/α,β-unsaturated/α-hetero) is 1. The van der Waals surface area contributed by atoms with Gasteiger partial charge in [-0.15, -0.1) is 11.8 Å². The molecular formula is C28H24F5O5S2-. The Bertz CT molecular complexity index is 1440. The Balaban J connectivity index is 1.87. The Morgan fingerprint density at radius 3 is 2.00 bits per heavy atom. The van der Waals surface area contributed by atoms with Gasteiger partial charge in [0.2, 0.25) is 0 Å². The van der Waals surface area contributed by atoms with Crippen LogP contribution < -0.4 is 4.74 Å². The Labute approximate surface area is 232 Å². The van der Waals surface area contributed by atoms with Gasteiger partial charge in [-0.25, -0.2) is 8.42 Å². The molecule has 1 aliphatic rings. The SMILES string of the molecule is O=C(CSc1cccc(OC(C2CCCC2)(C(F)(F)F)C(F)(F)S(=O)(=O)[O-])c1-c1ccccc1)c1ccccc1. The van der Waals surface area contributed by atoms with Gasteiger partial charge in [-0.1, -0.05) is 79.6 Å². The van der Waals surface area contributed by atoms with Crippen LogP contribution in [-0.2, 0) is 10.1 Å². The maximum atomic E-state index is 15.4. The molecule has 3 aromatic rings. The minimum absolute atomic E-state index is 0.0420. The summed E-state index contributed by atoms with van der Waals surface area (Å²) in [4.78, 5) is 13.0. The largest absolute Gasteiger partial charge is 0.743 e. The average molecular weight is 600 g/mol. The number of ether oxygens (including phenoxy) is 1. The van der Waals surface area contributed by atoms with Crippen molar-refractivity contribution in [3.8, 4) is 16.9 Å². The van der Waals surface area contributed by atoms with E-state index in [1.54, 1.807) is 48.5 Å².